The van der Waals surface area contributed by atoms with Gasteiger partial charge < -0.3 is 45.4 Å². The molecule has 8 rings (SSSR count). The van der Waals surface area contributed by atoms with Gasteiger partial charge in [0.25, 0.3) is 5.91 Å². The Kier molecular flexibility index (Phi) is 19.5. The molecule has 77 heavy (non-hydrogen) atoms. The van der Waals surface area contributed by atoms with Crippen LogP contribution in [0.1, 0.15) is 134 Å². The lowest BCUT2D eigenvalue weighted by Crippen LogP contribution is -2.56. The van der Waals surface area contributed by atoms with Crippen LogP contribution in [0.4, 0.5) is 0 Å². The highest BCUT2D eigenvalue weighted by atomic mass is 32.1. The number of amides is 4. The van der Waals surface area contributed by atoms with Crippen molar-refractivity contribution < 1.29 is 39.2 Å². The first-order valence-corrected chi connectivity index (χ1v) is 28.5. The van der Waals surface area contributed by atoms with Crippen molar-refractivity contribution in [3.8, 4) is 27.7 Å². The minimum atomic E-state index is -0.753. The predicted molar refractivity (Wildman–Crippen MR) is 300 cm³/mol. The fourth-order valence-corrected chi connectivity index (χ4v) is 11.7. The van der Waals surface area contributed by atoms with Crippen LogP contribution < -0.4 is 15.4 Å². The average molecular weight is 1070 g/mol. The molecule has 412 valence electrons. The van der Waals surface area contributed by atoms with Crippen LogP contribution in [0.5, 0.6) is 17.2 Å². The summed E-state index contributed by atoms with van der Waals surface area (Å²) in [6, 6.07) is 23.9. The summed E-state index contributed by atoms with van der Waals surface area (Å²) in [6.07, 6.45) is 8.43. The number of aliphatic hydroxyl groups excluding tert-OH is 1. The molecule has 5 N–H and O–H groups in total. The number of β-amino-alcohol motifs (C(OH)–C–C–N with tert-alkyl or cyclic N) is 1. The van der Waals surface area contributed by atoms with Crippen molar-refractivity contribution in [3.63, 3.8) is 0 Å². The molecular formula is C61H79N7O8S. The van der Waals surface area contributed by atoms with Gasteiger partial charge in [-0.05, 0) is 72.0 Å². The van der Waals surface area contributed by atoms with Crippen LogP contribution in [0.3, 0.4) is 0 Å². The Balaban J connectivity index is 0.681. The molecule has 3 aliphatic heterocycles. The average Bonchev–Trinajstić information content (AvgIpc) is 4.17. The molecule has 2 saturated heterocycles. The lowest BCUT2D eigenvalue weighted by Gasteiger charge is -2.35. The third kappa shape index (κ3) is 14.8. The number of nitrogens with zero attached hydrogens (tertiary/aromatic N) is 5. The highest BCUT2D eigenvalue weighted by molar-refractivity contribution is 7.13. The molecule has 2 fully saturated rings. The number of benzene rings is 4. The van der Waals surface area contributed by atoms with Gasteiger partial charge in [-0.1, -0.05) is 132 Å². The maximum Gasteiger partial charge on any atom is 0.262 e. The zero-order valence-corrected chi connectivity index (χ0v) is 46.5. The molecule has 4 amide bonds. The lowest BCUT2D eigenvalue weighted by atomic mass is 9.85. The van der Waals surface area contributed by atoms with E-state index < -0.39 is 23.6 Å². The number of aliphatic hydroxyl groups is 1. The van der Waals surface area contributed by atoms with E-state index in [0.29, 0.717) is 51.3 Å². The Morgan fingerprint density at radius 2 is 1.45 bits per heavy atom. The Morgan fingerprint density at radius 3 is 2.14 bits per heavy atom. The van der Waals surface area contributed by atoms with Crippen molar-refractivity contribution in [2.75, 3.05) is 39.3 Å². The summed E-state index contributed by atoms with van der Waals surface area (Å²) in [5, 5.41) is 38.6. The minimum absolute atomic E-state index is 0.0471. The molecule has 0 bridgehead atoms. The van der Waals surface area contributed by atoms with Crippen LogP contribution in [-0.4, -0.2) is 121 Å². The molecule has 5 aromatic rings. The molecule has 1 aromatic heterocycles. The largest absolute Gasteiger partial charge is 0.507 e. The number of unbranched alkanes of at least 4 members (excludes halogenated alkanes) is 7. The predicted octanol–water partition coefficient (Wildman–Crippen LogP) is 9.01. The number of fused-ring (bicyclic) bond motifs is 1. The summed E-state index contributed by atoms with van der Waals surface area (Å²) in [5.74, 6) is -0.807. The van der Waals surface area contributed by atoms with Crippen LogP contribution in [0, 0.1) is 19.3 Å². The van der Waals surface area contributed by atoms with E-state index in [1.54, 1.807) is 28.1 Å². The number of piperazine rings is 1. The van der Waals surface area contributed by atoms with Crippen molar-refractivity contribution >= 4 is 35.0 Å². The van der Waals surface area contributed by atoms with Crippen molar-refractivity contribution in [3.05, 3.63) is 129 Å². The quantitative estimate of drug-likeness (QED) is 0.0393. The standard InChI is InChI=1S/C61H79N7O8S/c1-41-51(70)33-52(71)54(55(41)76-39-44-17-13-12-14-18-44)59(74)67-36-47-25-22-45(31-48(47)37-67)35-65-27-29-66(30-28-65)53(72)19-15-10-8-6-7-9-11-16-26-62-57(61(3,4)5)60(75)68-38-49(69)32-50(68)58(73)63-34-43-20-23-46(24-21-43)56-42(2)64-40-77-56/h12-14,17-18,20-25,31,33,40,49-50,57,62,69-71H,6-11,15-16,19,26-30,32,34-39H2,1-5H3,(H,63,73)/t49-,50+,57-/m1/s1. The van der Waals surface area contributed by atoms with E-state index in [1.807, 2.05) is 92.7 Å². The van der Waals surface area contributed by atoms with Gasteiger partial charge in [0.2, 0.25) is 17.7 Å². The van der Waals surface area contributed by atoms with Gasteiger partial charge in [0.1, 0.15) is 35.5 Å². The maximum atomic E-state index is 14.1. The number of carbonyl (C=O) groups excluding carboxylic acids is 4. The molecule has 15 nitrogen and oxygen atoms in total. The number of aryl methyl sites for hydroxylation is 1. The minimum Gasteiger partial charge on any atom is -0.507 e. The number of likely N-dealkylation sites (tertiary alicyclic amines) is 1. The van der Waals surface area contributed by atoms with E-state index in [4.69, 9.17) is 4.74 Å². The van der Waals surface area contributed by atoms with Gasteiger partial charge in [0.15, 0.2) is 0 Å². The van der Waals surface area contributed by atoms with Crippen LogP contribution in [0.2, 0.25) is 0 Å². The number of phenols is 2. The van der Waals surface area contributed by atoms with Crippen LogP contribution in [-0.2, 0) is 47.2 Å². The summed E-state index contributed by atoms with van der Waals surface area (Å²) in [4.78, 5) is 67.8. The molecule has 0 spiro atoms. The first kappa shape index (κ1) is 56.9. The zero-order chi connectivity index (χ0) is 54.6. The normalized spacial score (nSPS) is 17.1. The van der Waals surface area contributed by atoms with Gasteiger partial charge in [-0.2, -0.15) is 0 Å². The summed E-state index contributed by atoms with van der Waals surface area (Å²) in [5.41, 5.74) is 9.10. The Bertz CT molecular complexity index is 2810. The number of rotatable bonds is 23. The van der Waals surface area contributed by atoms with Crippen molar-refractivity contribution in [1.82, 2.24) is 35.2 Å². The lowest BCUT2D eigenvalue weighted by molar-refractivity contribution is -0.142. The maximum absolute atomic E-state index is 14.1. The van der Waals surface area contributed by atoms with Gasteiger partial charge in [0.05, 0.1) is 28.2 Å². The molecule has 0 unspecified atom stereocenters. The number of hydrogen-bond donors (Lipinski definition) is 5. The topological polar surface area (TPSA) is 188 Å². The van der Waals surface area contributed by atoms with Crippen LogP contribution >= 0.6 is 11.3 Å². The first-order chi connectivity index (χ1) is 37.0. The van der Waals surface area contributed by atoms with E-state index in [9.17, 15) is 34.5 Å². The number of aromatic hydroxyl groups is 2. The van der Waals surface area contributed by atoms with Crippen molar-refractivity contribution in [2.45, 2.75) is 150 Å². The molecule has 0 saturated carbocycles. The van der Waals surface area contributed by atoms with Crippen molar-refractivity contribution in [2.24, 2.45) is 5.41 Å². The smallest absolute Gasteiger partial charge is 0.262 e. The summed E-state index contributed by atoms with van der Waals surface area (Å²) in [6.45, 7) is 15.7. The third-order valence-electron chi connectivity index (χ3n) is 15.4. The zero-order valence-electron chi connectivity index (χ0n) is 45.7. The number of thiazole rings is 1. The number of phenolic OH excluding ortho intramolecular Hbond substituents is 2. The number of carbonyl (C=O) groups is 4. The SMILES string of the molecule is Cc1ncsc1-c1ccc(CNC(=O)[C@@H]2C[C@@H](O)CN2C(=O)[C@@H](NCCCCCCCCCCC(=O)N2CCN(Cc3ccc4c(c3)CN(C(=O)c3c(O)cc(O)c(C)c3OCc3ccccc3)C4)CC2)C(C)(C)C)cc1. The van der Waals surface area contributed by atoms with Gasteiger partial charge >= 0.3 is 0 Å². The molecule has 16 heteroatoms. The fourth-order valence-electron chi connectivity index (χ4n) is 10.9. The van der Waals surface area contributed by atoms with Gasteiger partial charge in [-0.25, -0.2) is 4.98 Å². The number of ether oxygens (including phenoxy) is 1. The highest BCUT2D eigenvalue weighted by Gasteiger charge is 2.44. The van der Waals surface area contributed by atoms with Gasteiger partial charge in [-0.15, -0.1) is 11.3 Å². The molecule has 0 aliphatic carbocycles. The summed E-state index contributed by atoms with van der Waals surface area (Å²) >= 11 is 1.60. The van der Waals surface area contributed by atoms with E-state index in [1.165, 1.54) is 6.07 Å². The third-order valence-corrected chi connectivity index (χ3v) is 16.4. The second kappa shape index (κ2) is 26.3. The van der Waals surface area contributed by atoms with E-state index in [-0.39, 0.29) is 66.0 Å². The summed E-state index contributed by atoms with van der Waals surface area (Å²) < 4.78 is 6.08. The Morgan fingerprint density at radius 1 is 0.779 bits per heavy atom. The van der Waals surface area contributed by atoms with Crippen LogP contribution in [0.15, 0.2) is 84.4 Å². The van der Waals surface area contributed by atoms with E-state index >= 15 is 0 Å². The molecule has 4 heterocycles. The second-order valence-corrected chi connectivity index (χ2v) is 23.2. The van der Waals surface area contributed by atoms with Gasteiger partial charge in [-0.3, -0.25) is 24.1 Å². The summed E-state index contributed by atoms with van der Waals surface area (Å²) in [7, 11) is 0. The van der Waals surface area contributed by atoms with E-state index in [0.717, 1.165) is 115 Å². The molecular weight excluding hydrogens is 991 g/mol. The number of nitrogens with one attached hydrogen (secondary N) is 2. The van der Waals surface area contributed by atoms with Crippen LogP contribution in [0.25, 0.3) is 10.4 Å². The highest BCUT2D eigenvalue weighted by Crippen LogP contribution is 2.40. The fraction of sp³-hybridized carbons (Fsp3) is 0.492. The second-order valence-electron chi connectivity index (χ2n) is 22.3. The Hall–Kier alpha value is -6.33. The Labute approximate surface area is 458 Å². The van der Waals surface area contributed by atoms with Gasteiger partial charge in [0, 0.05) is 83.4 Å². The monoisotopic (exact) mass is 1070 g/mol. The molecule has 0 radical (unpaired) electrons. The molecule has 3 atom stereocenters. The number of hydrogen-bond acceptors (Lipinski definition) is 12. The number of aromatic nitrogens is 1. The van der Waals surface area contributed by atoms with Crippen molar-refractivity contribution in [1.29, 1.82) is 0 Å². The first-order valence-electron chi connectivity index (χ1n) is 27.7. The molecule has 3 aliphatic rings. The molecule has 4 aromatic carbocycles. The van der Waals surface area contributed by atoms with E-state index in [2.05, 4.69) is 38.7 Å².